The molecule has 0 spiro atoms. The lowest BCUT2D eigenvalue weighted by Crippen LogP contribution is -2.12. The molecule has 1 aromatic rings. The maximum Gasteiger partial charge on any atom is 0.310 e. The van der Waals surface area contributed by atoms with Crippen LogP contribution in [0.25, 0.3) is 0 Å². The summed E-state index contributed by atoms with van der Waals surface area (Å²) >= 11 is 5.64. The van der Waals surface area contributed by atoms with Crippen LogP contribution in [0.1, 0.15) is 30.2 Å². The van der Waals surface area contributed by atoms with Crippen LogP contribution in [0.3, 0.4) is 0 Å². The van der Waals surface area contributed by atoms with Gasteiger partial charge >= 0.3 is 5.97 Å². The Morgan fingerprint density at radius 2 is 2.29 bits per heavy atom. The topological polar surface area (TPSA) is 39.2 Å². The van der Waals surface area contributed by atoms with E-state index in [1.165, 1.54) is 12.3 Å². The number of aromatic nitrogens is 1. The van der Waals surface area contributed by atoms with Crippen molar-refractivity contribution in [2.45, 2.75) is 25.7 Å². The first-order valence-electron chi connectivity index (χ1n) is 5.06. The van der Waals surface area contributed by atoms with Gasteiger partial charge in [-0.2, -0.15) is 0 Å². The summed E-state index contributed by atoms with van der Waals surface area (Å²) in [5.41, 5.74) is 0.233. The third-order valence-electron chi connectivity index (χ3n) is 2.16. The smallest absolute Gasteiger partial charge is 0.310 e. The van der Waals surface area contributed by atoms with Gasteiger partial charge in [0.15, 0.2) is 0 Å². The summed E-state index contributed by atoms with van der Waals surface area (Å²) in [6.45, 7) is 1.86. The molecule has 1 aromatic heterocycles. The molecule has 6 heteroatoms. The lowest BCUT2D eigenvalue weighted by molar-refractivity contribution is -0.142. The predicted molar refractivity (Wildman–Crippen MR) is 59.1 cm³/mol. The lowest BCUT2D eigenvalue weighted by Gasteiger charge is -2.11. The number of pyridine rings is 1. The third kappa shape index (κ3) is 3.63. The zero-order valence-corrected chi connectivity index (χ0v) is 10.0. The number of hydrogen-bond donors (Lipinski definition) is 0. The van der Waals surface area contributed by atoms with Crippen molar-refractivity contribution in [2.24, 2.45) is 0 Å². The maximum atomic E-state index is 12.7. The van der Waals surface area contributed by atoms with E-state index in [2.05, 4.69) is 4.98 Å². The summed E-state index contributed by atoms with van der Waals surface area (Å²) in [6, 6.07) is 1.52. The highest BCUT2D eigenvalue weighted by atomic mass is 35.5. The number of nitrogens with zero attached hydrogens (tertiary/aromatic N) is 1. The second-order valence-corrected chi connectivity index (χ2v) is 3.52. The number of esters is 1. The predicted octanol–water partition coefficient (Wildman–Crippen LogP) is 2.86. The van der Waals surface area contributed by atoms with Gasteiger partial charge in [-0.25, -0.2) is 8.78 Å². The fourth-order valence-electron chi connectivity index (χ4n) is 1.42. The molecular weight excluding hydrogens is 252 g/mol. The number of alkyl halides is 3. The molecule has 0 unspecified atom stereocenters. The Kier molecular flexibility index (Phi) is 5.28. The van der Waals surface area contributed by atoms with E-state index < -0.39 is 18.1 Å². The molecule has 0 saturated carbocycles. The Morgan fingerprint density at radius 1 is 1.59 bits per heavy atom. The Bertz CT molecular complexity index is 399. The highest BCUT2D eigenvalue weighted by Crippen LogP contribution is 2.25. The Morgan fingerprint density at radius 3 is 2.82 bits per heavy atom. The number of halogens is 3. The minimum Gasteiger partial charge on any atom is -0.466 e. The van der Waals surface area contributed by atoms with Crippen molar-refractivity contribution in [3.05, 3.63) is 29.1 Å². The number of carbonyl (C=O) groups is 1. The van der Waals surface area contributed by atoms with Crippen LogP contribution < -0.4 is 0 Å². The first kappa shape index (κ1) is 13.8. The van der Waals surface area contributed by atoms with Crippen molar-refractivity contribution in [1.29, 1.82) is 0 Å². The van der Waals surface area contributed by atoms with E-state index in [0.717, 1.165) is 0 Å². The van der Waals surface area contributed by atoms with Gasteiger partial charge in [-0.3, -0.25) is 9.78 Å². The van der Waals surface area contributed by atoms with Crippen LogP contribution in [0.4, 0.5) is 8.78 Å². The number of hydrogen-bond acceptors (Lipinski definition) is 3. The van der Waals surface area contributed by atoms with Gasteiger partial charge in [0.2, 0.25) is 0 Å². The van der Waals surface area contributed by atoms with E-state index in [9.17, 15) is 13.6 Å². The van der Waals surface area contributed by atoms with E-state index in [0.29, 0.717) is 5.56 Å². The molecular formula is C11H12ClF2NO2. The fraction of sp³-hybridized carbons (Fsp3) is 0.455. The molecule has 3 nitrogen and oxygen atoms in total. The number of ether oxygens (including phenoxy) is 1. The minimum absolute atomic E-state index is 0.0526. The molecule has 0 fully saturated rings. The van der Waals surface area contributed by atoms with E-state index >= 15 is 0 Å². The Balaban J connectivity index is 3.04. The molecule has 0 aliphatic heterocycles. The second kappa shape index (κ2) is 6.49. The zero-order valence-electron chi connectivity index (χ0n) is 9.25. The van der Waals surface area contributed by atoms with E-state index in [4.69, 9.17) is 16.3 Å². The van der Waals surface area contributed by atoms with Crippen LogP contribution in [0, 0.1) is 0 Å². The SMILES string of the molecule is CCOC(=O)Cc1c(CCl)ccnc1C(F)F. The molecule has 0 radical (unpaired) electrons. The van der Waals surface area contributed by atoms with Crippen molar-refractivity contribution >= 4 is 17.6 Å². The largest absolute Gasteiger partial charge is 0.466 e. The number of rotatable bonds is 5. The highest BCUT2D eigenvalue weighted by molar-refractivity contribution is 6.17. The van der Waals surface area contributed by atoms with Crippen LogP contribution in [0.15, 0.2) is 12.3 Å². The molecule has 0 aliphatic rings. The number of carbonyl (C=O) groups excluding carboxylic acids is 1. The summed E-state index contributed by atoms with van der Waals surface area (Å²) in [7, 11) is 0. The van der Waals surface area contributed by atoms with Crippen LogP contribution >= 0.6 is 11.6 Å². The van der Waals surface area contributed by atoms with Crippen molar-refractivity contribution in [1.82, 2.24) is 4.98 Å². The minimum atomic E-state index is -2.73. The highest BCUT2D eigenvalue weighted by Gasteiger charge is 2.20. The summed E-state index contributed by atoms with van der Waals surface area (Å²) in [6.07, 6.45) is -1.71. The average molecular weight is 264 g/mol. The van der Waals surface area contributed by atoms with Gasteiger partial charge in [0.05, 0.1) is 13.0 Å². The fourth-order valence-corrected chi connectivity index (χ4v) is 1.67. The first-order chi connectivity index (χ1) is 8.10. The summed E-state index contributed by atoms with van der Waals surface area (Å²) in [5, 5.41) is 0. The van der Waals surface area contributed by atoms with Crippen LogP contribution in [-0.4, -0.2) is 17.6 Å². The Labute approximate surface area is 103 Å². The summed E-state index contributed by atoms with van der Waals surface area (Å²) < 4.78 is 30.2. The molecule has 1 heterocycles. The van der Waals surface area contributed by atoms with Gasteiger partial charge in [-0.1, -0.05) is 0 Å². The van der Waals surface area contributed by atoms with Gasteiger partial charge < -0.3 is 4.74 Å². The quantitative estimate of drug-likeness (QED) is 0.606. The lowest BCUT2D eigenvalue weighted by atomic mass is 10.0. The van der Waals surface area contributed by atoms with Gasteiger partial charge in [0.1, 0.15) is 5.69 Å². The average Bonchev–Trinajstić information content (AvgIpc) is 2.29. The van der Waals surface area contributed by atoms with Gasteiger partial charge in [0, 0.05) is 12.1 Å². The normalized spacial score (nSPS) is 10.6. The van der Waals surface area contributed by atoms with Gasteiger partial charge in [-0.05, 0) is 24.1 Å². The van der Waals surface area contributed by atoms with Gasteiger partial charge in [-0.15, -0.1) is 11.6 Å². The summed E-state index contributed by atoms with van der Waals surface area (Å²) in [4.78, 5) is 14.9. The van der Waals surface area contributed by atoms with Crippen LogP contribution in [0.2, 0.25) is 0 Å². The molecule has 94 valence electrons. The van der Waals surface area contributed by atoms with E-state index in [1.54, 1.807) is 6.92 Å². The molecule has 0 N–H and O–H groups in total. The van der Waals surface area contributed by atoms with Crippen LogP contribution in [0.5, 0.6) is 0 Å². The molecule has 0 saturated heterocycles. The Hall–Kier alpha value is -1.23. The monoisotopic (exact) mass is 263 g/mol. The first-order valence-corrected chi connectivity index (χ1v) is 5.60. The zero-order chi connectivity index (χ0) is 12.8. The molecule has 0 atom stereocenters. The van der Waals surface area contributed by atoms with Crippen molar-refractivity contribution in [3.8, 4) is 0 Å². The van der Waals surface area contributed by atoms with Crippen molar-refractivity contribution < 1.29 is 18.3 Å². The van der Waals surface area contributed by atoms with E-state index in [1.807, 2.05) is 0 Å². The van der Waals surface area contributed by atoms with Crippen molar-refractivity contribution in [2.75, 3.05) is 6.61 Å². The molecule has 1 rings (SSSR count). The maximum absolute atomic E-state index is 12.7. The molecule has 0 amide bonds. The van der Waals surface area contributed by atoms with Crippen LogP contribution in [-0.2, 0) is 21.8 Å². The standard InChI is InChI=1S/C11H12ClF2NO2/c1-2-17-9(16)5-8-7(6-12)3-4-15-10(8)11(13)14/h3-4,11H,2,5-6H2,1H3. The third-order valence-corrected chi connectivity index (χ3v) is 2.45. The summed E-state index contributed by atoms with van der Waals surface area (Å²) in [5.74, 6) is -0.509. The second-order valence-electron chi connectivity index (χ2n) is 3.25. The molecule has 0 aromatic carbocycles. The van der Waals surface area contributed by atoms with E-state index in [-0.39, 0.29) is 24.5 Å². The molecule has 17 heavy (non-hydrogen) atoms. The van der Waals surface area contributed by atoms with Gasteiger partial charge in [0.25, 0.3) is 6.43 Å². The molecule has 0 bridgehead atoms. The van der Waals surface area contributed by atoms with Crippen molar-refractivity contribution in [3.63, 3.8) is 0 Å². The molecule has 0 aliphatic carbocycles.